The number of aldehydes is 1. The van der Waals surface area contributed by atoms with Crippen LogP contribution in [0.1, 0.15) is 10.4 Å². The maximum atomic E-state index is 10.5. The lowest BCUT2D eigenvalue weighted by Crippen LogP contribution is -1.87. The third-order valence-corrected chi connectivity index (χ3v) is 2.13. The summed E-state index contributed by atoms with van der Waals surface area (Å²) in [4.78, 5) is 10.5. The third kappa shape index (κ3) is 2.39. The zero-order valence-corrected chi connectivity index (χ0v) is 8.59. The van der Waals surface area contributed by atoms with Gasteiger partial charge in [-0.15, -0.1) is 0 Å². The van der Waals surface area contributed by atoms with Gasteiger partial charge >= 0.3 is 0 Å². The number of benzene rings is 2. The van der Waals surface area contributed by atoms with Crippen molar-refractivity contribution >= 4 is 12.0 Å². The standard InChI is InChI=1S/C13H11NO2/c14-11-3-7-13(8-4-11)16-12-5-1-10(9-15)2-6-12/h1-9H,14H2. The second kappa shape index (κ2) is 4.49. The molecule has 0 aliphatic carbocycles. The zero-order chi connectivity index (χ0) is 11.4. The van der Waals surface area contributed by atoms with Crippen molar-refractivity contribution in [2.75, 3.05) is 5.73 Å². The van der Waals surface area contributed by atoms with Crippen molar-refractivity contribution in [3.63, 3.8) is 0 Å². The summed E-state index contributed by atoms with van der Waals surface area (Å²) in [7, 11) is 0. The molecule has 0 bridgehead atoms. The first-order valence-corrected chi connectivity index (χ1v) is 4.86. The van der Waals surface area contributed by atoms with Crippen molar-refractivity contribution in [1.29, 1.82) is 0 Å². The van der Waals surface area contributed by atoms with Gasteiger partial charge < -0.3 is 10.5 Å². The molecule has 2 aromatic carbocycles. The van der Waals surface area contributed by atoms with Crippen molar-refractivity contribution in [3.05, 3.63) is 54.1 Å². The second-order valence-corrected chi connectivity index (χ2v) is 3.36. The molecule has 0 heterocycles. The molecule has 0 unspecified atom stereocenters. The van der Waals surface area contributed by atoms with Crippen molar-refractivity contribution in [2.24, 2.45) is 0 Å². The van der Waals surface area contributed by atoms with E-state index in [1.54, 1.807) is 48.5 Å². The predicted octanol–water partition coefficient (Wildman–Crippen LogP) is 2.87. The van der Waals surface area contributed by atoms with Gasteiger partial charge in [-0.05, 0) is 48.5 Å². The lowest BCUT2D eigenvalue weighted by molar-refractivity contribution is 0.112. The van der Waals surface area contributed by atoms with E-state index in [0.717, 1.165) is 6.29 Å². The fraction of sp³-hybridized carbons (Fsp3) is 0. The summed E-state index contributed by atoms with van der Waals surface area (Å²) in [5.41, 5.74) is 6.89. The molecule has 0 saturated carbocycles. The Kier molecular flexibility index (Phi) is 2.87. The van der Waals surface area contributed by atoms with Gasteiger partial charge in [-0.25, -0.2) is 0 Å². The predicted molar refractivity (Wildman–Crippen MR) is 62.8 cm³/mol. The number of hydrogen-bond donors (Lipinski definition) is 1. The van der Waals surface area contributed by atoms with E-state index >= 15 is 0 Å². The highest BCUT2D eigenvalue weighted by Gasteiger charge is 1.97. The highest BCUT2D eigenvalue weighted by Crippen LogP contribution is 2.22. The van der Waals surface area contributed by atoms with E-state index in [9.17, 15) is 4.79 Å². The number of carbonyl (C=O) groups excluding carboxylic acids is 1. The molecule has 0 spiro atoms. The highest BCUT2D eigenvalue weighted by molar-refractivity contribution is 5.74. The van der Waals surface area contributed by atoms with Gasteiger partial charge in [0.1, 0.15) is 17.8 Å². The lowest BCUT2D eigenvalue weighted by Gasteiger charge is -2.05. The van der Waals surface area contributed by atoms with Gasteiger partial charge in [-0.1, -0.05) is 0 Å². The summed E-state index contributed by atoms with van der Waals surface area (Å²) in [6, 6.07) is 14.1. The minimum Gasteiger partial charge on any atom is -0.457 e. The van der Waals surface area contributed by atoms with Crippen LogP contribution < -0.4 is 10.5 Å². The molecule has 0 aliphatic heterocycles. The Morgan fingerprint density at radius 1 is 0.875 bits per heavy atom. The van der Waals surface area contributed by atoms with Gasteiger partial charge in [0.15, 0.2) is 0 Å². The van der Waals surface area contributed by atoms with E-state index in [0.29, 0.717) is 22.7 Å². The quantitative estimate of drug-likeness (QED) is 0.630. The molecule has 3 heteroatoms. The molecule has 0 amide bonds. The Labute approximate surface area is 93.5 Å². The maximum Gasteiger partial charge on any atom is 0.150 e. The van der Waals surface area contributed by atoms with E-state index in [1.165, 1.54) is 0 Å². The topological polar surface area (TPSA) is 52.3 Å². The molecule has 16 heavy (non-hydrogen) atoms. The van der Waals surface area contributed by atoms with E-state index in [-0.39, 0.29) is 0 Å². The van der Waals surface area contributed by atoms with E-state index in [4.69, 9.17) is 10.5 Å². The Hall–Kier alpha value is -2.29. The van der Waals surface area contributed by atoms with Crippen molar-refractivity contribution in [2.45, 2.75) is 0 Å². The Bertz CT molecular complexity index is 474. The fourth-order valence-electron chi connectivity index (χ4n) is 1.29. The molecule has 0 radical (unpaired) electrons. The minimum atomic E-state index is 0.629. The average molecular weight is 213 g/mol. The molecule has 2 N–H and O–H groups in total. The monoisotopic (exact) mass is 213 g/mol. The summed E-state index contributed by atoms with van der Waals surface area (Å²) in [5.74, 6) is 1.41. The van der Waals surface area contributed by atoms with Crippen LogP contribution in [0.15, 0.2) is 48.5 Å². The first kappa shape index (κ1) is 10.2. The van der Waals surface area contributed by atoms with Crippen molar-refractivity contribution in [1.82, 2.24) is 0 Å². The smallest absolute Gasteiger partial charge is 0.150 e. The van der Waals surface area contributed by atoms with Crippen LogP contribution in [-0.2, 0) is 0 Å². The average Bonchev–Trinajstić information content (AvgIpc) is 2.33. The van der Waals surface area contributed by atoms with Gasteiger partial charge in [0.05, 0.1) is 0 Å². The Morgan fingerprint density at radius 2 is 1.38 bits per heavy atom. The van der Waals surface area contributed by atoms with Crippen LogP contribution in [0.25, 0.3) is 0 Å². The SMILES string of the molecule is Nc1ccc(Oc2ccc(C=O)cc2)cc1. The number of ether oxygens (including phenoxy) is 1. The van der Waals surface area contributed by atoms with E-state index in [2.05, 4.69) is 0 Å². The van der Waals surface area contributed by atoms with Crippen LogP contribution in [0.3, 0.4) is 0 Å². The van der Waals surface area contributed by atoms with Gasteiger partial charge in [-0.2, -0.15) is 0 Å². The Balaban J connectivity index is 2.14. The summed E-state index contributed by atoms with van der Waals surface area (Å²) >= 11 is 0. The van der Waals surface area contributed by atoms with Crippen molar-refractivity contribution < 1.29 is 9.53 Å². The van der Waals surface area contributed by atoms with Gasteiger partial charge in [0.25, 0.3) is 0 Å². The molecule has 0 saturated heterocycles. The first-order chi connectivity index (χ1) is 7.78. The fourth-order valence-corrected chi connectivity index (χ4v) is 1.29. The second-order valence-electron chi connectivity index (χ2n) is 3.36. The largest absolute Gasteiger partial charge is 0.457 e. The summed E-state index contributed by atoms with van der Waals surface area (Å²) in [6.07, 6.45) is 0.799. The number of nitrogen functional groups attached to an aromatic ring is 1. The summed E-state index contributed by atoms with van der Waals surface area (Å²) < 4.78 is 5.56. The van der Waals surface area contributed by atoms with Crippen molar-refractivity contribution in [3.8, 4) is 11.5 Å². The number of anilines is 1. The van der Waals surface area contributed by atoms with E-state index < -0.39 is 0 Å². The highest BCUT2D eigenvalue weighted by atomic mass is 16.5. The Morgan fingerprint density at radius 3 is 1.88 bits per heavy atom. The van der Waals surface area contributed by atoms with Crippen LogP contribution in [-0.4, -0.2) is 6.29 Å². The third-order valence-electron chi connectivity index (χ3n) is 2.13. The number of nitrogens with two attached hydrogens (primary N) is 1. The molecule has 0 fully saturated rings. The number of rotatable bonds is 3. The van der Waals surface area contributed by atoms with Crippen LogP contribution in [0.4, 0.5) is 5.69 Å². The summed E-state index contributed by atoms with van der Waals surface area (Å²) in [5, 5.41) is 0. The molecule has 0 aliphatic rings. The molecule has 0 aromatic heterocycles. The molecular weight excluding hydrogens is 202 g/mol. The first-order valence-electron chi connectivity index (χ1n) is 4.86. The van der Waals surface area contributed by atoms with Crippen LogP contribution in [0.5, 0.6) is 11.5 Å². The zero-order valence-electron chi connectivity index (χ0n) is 8.59. The van der Waals surface area contributed by atoms with Gasteiger partial charge in [-0.3, -0.25) is 4.79 Å². The van der Waals surface area contributed by atoms with E-state index in [1.807, 2.05) is 0 Å². The van der Waals surface area contributed by atoms with Crippen LogP contribution in [0, 0.1) is 0 Å². The number of carbonyl (C=O) groups is 1. The molecule has 0 atom stereocenters. The summed E-state index contributed by atoms with van der Waals surface area (Å²) in [6.45, 7) is 0. The molecule has 80 valence electrons. The normalized spacial score (nSPS) is 9.75. The minimum absolute atomic E-state index is 0.629. The lowest BCUT2D eigenvalue weighted by atomic mass is 10.2. The van der Waals surface area contributed by atoms with Crippen LogP contribution in [0.2, 0.25) is 0 Å². The molecule has 2 aromatic rings. The van der Waals surface area contributed by atoms with Gasteiger partial charge in [0.2, 0.25) is 0 Å². The molecule has 3 nitrogen and oxygen atoms in total. The van der Waals surface area contributed by atoms with Crippen LogP contribution >= 0.6 is 0 Å². The maximum absolute atomic E-state index is 10.5. The molecular formula is C13H11NO2. The van der Waals surface area contributed by atoms with Gasteiger partial charge in [0, 0.05) is 11.3 Å². The molecule has 2 rings (SSSR count). The number of hydrogen-bond acceptors (Lipinski definition) is 3.